The number of hydrogen-bond donors (Lipinski definition) is 2. The number of urea groups is 1. The lowest BCUT2D eigenvalue weighted by Gasteiger charge is -2.24. The van der Waals surface area contributed by atoms with E-state index in [1.165, 1.54) is 30.6 Å². The zero-order valence-electron chi connectivity index (χ0n) is 14.6. The summed E-state index contributed by atoms with van der Waals surface area (Å²) >= 11 is 1.71. The average molecular weight is 369 g/mol. The molecule has 2 heterocycles. The molecule has 1 aliphatic carbocycles. The molecule has 26 heavy (non-hydrogen) atoms. The summed E-state index contributed by atoms with van der Waals surface area (Å²) < 4.78 is 0. The lowest BCUT2D eigenvalue weighted by molar-refractivity contribution is 0.0923. The van der Waals surface area contributed by atoms with Crippen LogP contribution >= 0.6 is 11.3 Å². The van der Waals surface area contributed by atoms with Gasteiger partial charge < -0.3 is 10.6 Å². The van der Waals surface area contributed by atoms with Crippen LogP contribution < -0.4 is 15.5 Å². The number of rotatable bonds is 5. The van der Waals surface area contributed by atoms with Crippen LogP contribution in [0, 0.1) is 5.92 Å². The zero-order chi connectivity index (χ0) is 17.9. The van der Waals surface area contributed by atoms with Crippen LogP contribution in [-0.4, -0.2) is 25.0 Å². The van der Waals surface area contributed by atoms with Gasteiger partial charge in [0.2, 0.25) is 0 Å². The molecule has 0 unspecified atom stereocenters. The summed E-state index contributed by atoms with van der Waals surface area (Å²) in [5.74, 6) is 0.470. The van der Waals surface area contributed by atoms with Gasteiger partial charge in [-0.3, -0.25) is 9.69 Å². The highest BCUT2D eigenvalue weighted by Gasteiger charge is 2.29. The first-order valence-electron chi connectivity index (χ1n) is 9.22. The van der Waals surface area contributed by atoms with E-state index < -0.39 is 0 Å². The fourth-order valence-corrected chi connectivity index (χ4v) is 4.78. The van der Waals surface area contributed by atoms with Crippen molar-refractivity contribution in [3.8, 4) is 0 Å². The van der Waals surface area contributed by atoms with Gasteiger partial charge in [-0.05, 0) is 54.5 Å². The molecular formula is C20H23N3O2S. The van der Waals surface area contributed by atoms with Crippen molar-refractivity contribution in [3.63, 3.8) is 0 Å². The highest BCUT2D eigenvalue weighted by atomic mass is 32.1. The molecule has 2 aliphatic rings. The van der Waals surface area contributed by atoms with Gasteiger partial charge in [-0.1, -0.05) is 18.9 Å². The van der Waals surface area contributed by atoms with Gasteiger partial charge in [-0.2, -0.15) is 0 Å². The first-order valence-corrected chi connectivity index (χ1v) is 10.1. The van der Waals surface area contributed by atoms with Crippen LogP contribution in [0.25, 0.3) is 0 Å². The highest BCUT2D eigenvalue weighted by molar-refractivity contribution is 7.10. The Balaban J connectivity index is 1.48. The summed E-state index contributed by atoms with van der Waals surface area (Å²) in [7, 11) is 0. The van der Waals surface area contributed by atoms with Gasteiger partial charge in [0.15, 0.2) is 0 Å². The molecule has 1 saturated carbocycles. The van der Waals surface area contributed by atoms with Gasteiger partial charge in [-0.25, -0.2) is 4.79 Å². The van der Waals surface area contributed by atoms with Gasteiger partial charge in [0.1, 0.15) is 0 Å². The predicted octanol–water partition coefficient (Wildman–Crippen LogP) is 3.94. The Morgan fingerprint density at radius 3 is 2.58 bits per heavy atom. The second-order valence-electron chi connectivity index (χ2n) is 6.94. The summed E-state index contributed by atoms with van der Waals surface area (Å²) in [6.45, 7) is 1.32. The lowest BCUT2D eigenvalue weighted by atomic mass is 9.96. The summed E-state index contributed by atoms with van der Waals surface area (Å²) in [5, 5.41) is 8.11. The SMILES string of the molecule is O=C(N[C@H](c1cccs1)C1CCCC1)c1ccc(N2CCNC2=O)cc1. The van der Waals surface area contributed by atoms with Crippen LogP contribution in [0.15, 0.2) is 41.8 Å². The van der Waals surface area contributed by atoms with Crippen LogP contribution in [0.4, 0.5) is 10.5 Å². The normalized spacial score (nSPS) is 18.8. The first-order chi connectivity index (χ1) is 12.7. The lowest BCUT2D eigenvalue weighted by Crippen LogP contribution is -2.32. The first kappa shape index (κ1) is 17.1. The van der Waals surface area contributed by atoms with E-state index in [1.54, 1.807) is 28.4 Å². The van der Waals surface area contributed by atoms with E-state index in [0.29, 0.717) is 24.6 Å². The van der Waals surface area contributed by atoms with Crippen molar-refractivity contribution in [2.24, 2.45) is 5.92 Å². The number of carbonyl (C=O) groups excluding carboxylic acids is 2. The van der Waals surface area contributed by atoms with Crippen molar-refractivity contribution < 1.29 is 9.59 Å². The summed E-state index contributed by atoms with van der Waals surface area (Å²) in [4.78, 5) is 27.5. The van der Waals surface area contributed by atoms with Crippen LogP contribution in [0.3, 0.4) is 0 Å². The van der Waals surface area contributed by atoms with E-state index in [4.69, 9.17) is 0 Å². The predicted molar refractivity (Wildman–Crippen MR) is 104 cm³/mol. The van der Waals surface area contributed by atoms with Crippen molar-refractivity contribution in [2.75, 3.05) is 18.0 Å². The van der Waals surface area contributed by atoms with E-state index in [9.17, 15) is 9.59 Å². The largest absolute Gasteiger partial charge is 0.344 e. The van der Waals surface area contributed by atoms with Crippen molar-refractivity contribution in [3.05, 3.63) is 52.2 Å². The van der Waals surface area contributed by atoms with E-state index in [0.717, 1.165) is 5.69 Å². The third-order valence-corrected chi connectivity index (χ3v) is 6.26. The van der Waals surface area contributed by atoms with E-state index in [-0.39, 0.29) is 18.0 Å². The van der Waals surface area contributed by atoms with Crippen LogP contribution in [0.1, 0.15) is 47.0 Å². The number of thiophene rings is 1. The van der Waals surface area contributed by atoms with Gasteiger partial charge >= 0.3 is 6.03 Å². The Kier molecular flexibility index (Phi) is 4.93. The summed E-state index contributed by atoms with van der Waals surface area (Å²) in [6, 6.07) is 11.5. The van der Waals surface area contributed by atoms with Gasteiger partial charge in [0, 0.05) is 29.2 Å². The highest BCUT2D eigenvalue weighted by Crippen LogP contribution is 2.37. The fraction of sp³-hybridized carbons (Fsp3) is 0.400. The minimum Gasteiger partial charge on any atom is -0.344 e. The molecule has 1 aromatic heterocycles. The van der Waals surface area contributed by atoms with Crippen molar-refractivity contribution in [1.29, 1.82) is 0 Å². The third-order valence-electron chi connectivity index (χ3n) is 5.31. The minimum absolute atomic E-state index is 0.0484. The maximum Gasteiger partial charge on any atom is 0.321 e. The van der Waals surface area contributed by atoms with Gasteiger partial charge in [0.25, 0.3) is 5.91 Å². The second kappa shape index (κ2) is 7.50. The maximum atomic E-state index is 12.8. The number of nitrogens with zero attached hydrogens (tertiary/aromatic N) is 1. The van der Waals surface area contributed by atoms with Crippen LogP contribution in [-0.2, 0) is 0 Å². The maximum absolute atomic E-state index is 12.8. The van der Waals surface area contributed by atoms with Gasteiger partial charge in [-0.15, -0.1) is 11.3 Å². The van der Waals surface area contributed by atoms with E-state index >= 15 is 0 Å². The number of hydrogen-bond acceptors (Lipinski definition) is 3. The Morgan fingerprint density at radius 2 is 1.96 bits per heavy atom. The molecule has 0 spiro atoms. The third kappa shape index (κ3) is 3.46. The van der Waals surface area contributed by atoms with Crippen molar-refractivity contribution in [1.82, 2.24) is 10.6 Å². The molecule has 3 amide bonds. The molecule has 1 aromatic carbocycles. The Bertz CT molecular complexity index is 767. The van der Waals surface area contributed by atoms with Crippen molar-refractivity contribution >= 4 is 29.0 Å². The number of carbonyl (C=O) groups is 2. The number of amides is 3. The van der Waals surface area contributed by atoms with Crippen LogP contribution in [0.2, 0.25) is 0 Å². The fourth-order valence-electron chi connectivity index (χ4n) is 3.92. The van der Waals surface area contributed by atoms with Crippen LogP contribution in [0.5, 0.6) is 0 Å². The monoisotopic (exact) mass is 369 g/mol. The molecule has 1 aliphatic heterocycles. The molecule has 5 nitrogen and oxygen atoms in total. The average Bonchev–Trinajstić information content (AvgIpc) is 3.42. The number of benzene rings is 1. The molecule has 0 radical (unpaired) electrons. The molecule has 4 rings (SSSR count). The Morgan fingerprint density at radius 1 is 1.19 bits per heavy atom. The van der Waals surface area contributed by atoms with Gasteiger partial charge in [0.05, 0.1) is 6.04 Å². The molecule has 2 fully saturated rings. The molecule has 2 aromatic rings. The smallest absolute Gasteiger partial charge is 0.321 e. The second-order valence-corrected chi connectivity index (χ2v) is 7.92. The Labute approximate surface area is 157 Å². The quantitative estimate of drug-likeness (QED) is 0.839. The Hall–Kier alpha value is -2.34. The topological polar surface area (TPSA) is 61.4 Å². The summed E-state index contributed by atoms with van der Waals surface area (Å²) in [6.07, 6.45) is 4.84. The summed E-state index contributed by atoms with van der Waals surface area (Å²) in [5.41, 5.74) is 1.45. The molecule has 2 N–H and O–H groups in total. The van der Waals surface area contributed by atoms with E-state index in [2.05, 4.69) is 22.1 Å². The molecule has 1 atom stereocenters. The molecule has 136 valence electrons. The molecule has 0 bridgehead atoms. The number of nitrogens with one attached hydrogen (secondary N) is 2. The molecule has 1 saturated heterocycles. The van der Waals surface area contributed by atoms with E-state index in [1.807, 2.05) is 18.2 Å². The minimum atomic E-state index is -0.0822. The number of anilines is 1. The zero-order valence-corrected chi connectivity index (χ0v) is 15.4. The molecular weight excluding hydrogens is 346 g/mol. The standard InChI is InChI=1S/C20H23N3O2S/c24-19(15-7-9-16(10-8-15)23-12-11-21-20(23)25)22-18(14-4-1-2-5-14)17-6-3-13-26-17/h3,6-10,13-14,18H,1-2,4-5,11-12H2,(H,21,25)(H,22,24)/t18-/m0/s1. The van der Waals surface area contributed by atoms with Crippen molar-refractivity contribution in [2.45, 2.75) is 31.7 Å². The molecule has 6 heteroatoms.